The summed E-state index contributed by atoms with van der Waals surface area (Å²) in [7, 11) is 0. The van der Waals surface area contributed by atoms with Crippen molar-refractivity contribution in [3.8, 4) is 0 Å². The third-order valence-electron chi connectivity index (χ3n) is 3.28. The molecule has 1 N–H and O–H groups in total. The topological polar surface area (TPSA) is 81.5 Å². The van der Waals surface area contributed by atoms with Crippen molar-refractivity contribution in [1.82, 2.24) is 0 Å². The molecule has 0 saturated carbocycles. The maximum atomic E-state index is 12.2. The lowest BCUT2D eigenvalue weighted by Gasteiger charge is -2.18. The lowest BCUT2D eigenvalue weighted by molar-refractivity contribution is -0.384. The first-order valence-corrected chi connectivity index (χ1v) is 7.32. The van der Waals surface area contributed by atoms with Gasteiger partial charge in [0.2, 0.25) is 0 Å². The molecule has 2 aromatic carbocycles. The predicted molar refractivity (Wildman–Crippen MR) is 87.3 cm³/mol. The molecule has 0 unspecified atom stereocenters. The molecule has 0 fully saturated rings. The molecule has 0 aliphatic rings. The molecule has 120 valence electrons. The zero-order valence-electron chi connectivity index (χ0n) is 12.8. The van der Waals surface area contributed by atoms with E-state index < -0.39 is 16.9 Å². The summed E-state index contributed by atoms with van der Waals surface area (Å²) in [6.45, 7) is 1.98. The monoisotopic (exact) mass is 314 g/mol. The van der Waals surface area contributed by atoms with Crippen LogP contribution in [0.4, 0.5) is 11.4 Å². The number of nitrogens with zero attached hydrogens (tertiary/aromatic N) is 1. The number of anilines is 1. The van der Waals surface area contributed by atoms with Gasteiger partial charge in [0, 0.05) is 12.5 Å². The van der Waals surface area contributed by atoms with E-state index in [0.717, 1.165) is 5.56 Å². The van der Waals surface area contributed by atoms with E-state index >= 15 is 0 Å². The second-order valence-electron chi connectivity index (χ2n) is 4.91. The van der Waals surface area contributed by atoms with E-state index in [2.05, 4.69) is 5.32 Å². The Morgan fingerprint density at radius 3 is 2.48 bits per heavy atom. The highest BCUT2D eigenvalue weighted by molar-refractivity contribution is 5.81. The van der Waals surface area contributed by atoms with Gasteiger partial charge >= 0.3 is 5.97 Å². The number of benzene rings is 2. The molecule has 1 atom stereocenters. The molecule has 6 nitrogen and oxygen atoms in total. The summed E-state index contributed by atoms with van der Waals surface area (Å²) < 4.78 is 5.08. The van der Waals surface area contributed by atoms with E-state index in [4.69, 9.17) is 4.74 Å². The smallest absolute Gasteiger partial charge is 0.328 e. The third kappa shape index (κ3) is 4.54. The fraction of sp³-hybridized carbons (Fsp3) is 0.235. The van der Waals surface area contributed by atoms with E-state index in [9.17, 15) is 14.9 Å². The molecule has 0 amide bonds. The van der Waals surface area contributed by atoms with E-state index in [1.54, 1.807) is 25.1 Å². The third-order valence-corrected chi connectivity index (χ3v) is 3.28. The fourth-order valence-electron chi connectivity index (χ4n) is 2.23. The molecule has 0 heterocycles. The normalized spacial score (nSPS) is 11.5. The Hall–Kier alpha value is -2.89. The number of nitro groups is 1. The predicted octanol–water partition coefficient (Wildman–Crippen LogP) is 3.18. The maximum Gasteiger partial charge on any atom is 0.328 e. The molecule has 2 rings (SSSR count). The molecule has 23 heavy (non-hydrogen) atoms. The Kier molecular flexibility index (Phi) is 5.68. The molecular formula is C17H18N2O4. The van der Waals surface area contributed by atoms with Gasteiger partial charge in [0.05, 0.1) is 11.5 Å². The van der Waals surface area contributed by atoms with Gasteiger partial charge in [-0.2, -0.15) is 0 Å². The minimum absolute atomic E-state index is 0.0742. The van der Waals surface area contributed by atoms with Gasteiger partial charge in [0.1, 0.15) is 11.7 Å². The number of ether oxygens (including phenoxy) is 1. The zero-order valence-corrected chi connectivity index (χ0v) is 12.8. The molecule has 0 spiro atoms. The number of esters is 1. The van der Waals surface area contributed by atoms with Crippen LogP contribution in [0.2, 0.25) is 0 Å². The Morgan fingerprint density at radius 2 is 1.83 bits per heavy atom. The number of hydrogen-bond donors (Lipinski definition) is 1. The summed E-state index contributed by atoms with van der Waals surface area (Å²) >= 11 is 0. The highest BCUT2D eigenvalue weighted by Crippen LogP contribution is 2.24. The van der Waals surface area contributed by atoms with Crippen LogP contribution in [0.1, 0.15) is 12.5 Å². The van der Waals surface area contributed by atoms with Crippen LogP contribution in [-0.4, -0.2) is 23.5 Å². The summed E-state index contributed by atoms with van der Waals surface area (Å²) in [5.74, 6) is -0.436. The zero-order chi connectivity index (χ0) is 16.7. The van der Waals surface area contributed by atoms with Gasteiger partial charge in [-0.15, -0.1) is 0 Å². The Morgan fingerprint density at radius 1 is 1.17 bits per heavy atom. The highest BCUT2D eigenvalue weighted by Gasteiger charge is 2.23. The van der Waals surface area contributed by atoms with Crippen LogP contribution in [0.5, 0.6) is 0 Å². The lowest BCUT2D eigenvalue weighted by atomic mass is 10.1. The number of carbonyl (C=O) groups is 1. The van der Waals surface area contributed by atoms with Crippen molar-refractivity contribution in [2.24, 2.45) is 0 Å². The standard InChI is InChI=1S/C17H18N2O4/c1-2-23-17(20)15(12-13-8-4-3-5-9-13)18-14-10-6-7-11-16(14)19(21)22/h3-11,15,18H,2,12H2,1H3/t15-/m0/s1. The average molecular weight is 314 g/mol. The first-order chi connectivity index (χ1) is 11.1. The number of nitro benzene ring substituents is 1. The van der Waals surface area contributed by atoms with E-state index in [-0.39, 0.29) is 12.3 Å². The summed E-state index contributed by atoms with van der Waals surface area (Å²) in [4.78, 5) is 22.8. The van der Waals surface area contributed by atoms with Gasteiger partial charge in [-0.25, -0.2) is 4.79 Å². The molecular weight excluding hydrogens is 296 g/mol. The molecule has 0 aliphatic heterocycles. The van der Waals surface area contributed by atoms with Crippen LogP contribution in [0, 0.1) is 10.1 Å². The SMILES string of the molecule is CCOC(=O)[C@H](Cc1ccccc1)Nc1ccccc1[N+](=O)[O-]. The summed E-state index contributed by atoms with van der Waals surface area (Å²) in [5.41, 5.74) is 1.16. The molecule has 0 bridgehead atoms. The van der Waals surface area contributed by atoms with Crippen LogP contribution in [-0.2, 0) is 16.0 Å². The summed E-state index contributed by atoms with van der Waals surface area (Å²) in [6.07, 6.45) is 0.381. The van der Waals surface area contributed by atoms with Crippen LogP contribution in [0.25, 0.3) is 0 Å². The molecule has 0 aliphatic carbocycles. The number of hydrogen-bond acceptors (Lipinski definition) is 5. The van der Waals surface area contributed by atoms with Crippen molar-refractivity contribution in [3.63, 3.8) is 0 Å². The number of rotatable bonds is 7. The van der Waals surface area contributed by atoms with Crippen molar-refractivity contribution in [2.45, 2.75) is 19.4 Å². The number of carbonyl (C=O) groups excluding carboxylic acids is 1. The summed E-state index contributed by atoms with van der Waals surface area (Å²) in [5, 5.41) is 14.1. The van der Waals surface area contributed by atoms with Crippen LogP contribution < -0.4 is 5.32 Å². The van der Waals surface area contributed by atoms with Crippen molar-refractivity contribution >= 4 is 17.3 Å². The first-order valence-electron chi connectivity index (χ1n) is 7.32. The Balaban J connectivity index is 2.24. The van der Waals surface area contributed by atoms with E-state index in [1.165, 1.54) is 6.07 Å². The van der Waals surface area contributed by atoms with Crippen LogP contribution in [0.15, 0.2) is 54.6 Å². The fourth-order valence-corrected chi connectivity index (χ4v) is 2.23. The Labute approximate surface area is 134 Å². The van der Waals surface area contributed by atoms with Crippen molar-refractivity contribution in [1.29, 1.82) is 0 Å². The molecule has 6 heteroatoms. The van der Waals surface area contributed by atoms with E-state index in [0.29, 0.717) is 12.1 Å². The molecule has 0 radical (unpaired) electrons. The highest BCUT2D eigenvalue weighted by atomic mass is 16.6. The summed E-state index contributed by atoms with van der Waals surface area (Å²) in [6, 6.07) is 15.0. The van der Waals surface area contributed by atoms with Gasteiger partial charge in [0.15, 0.2) is 0 Å². The number of nitrogens with one attached hydrogen (secondary N) is 1. The average Bonchev–Trinajstić information content (AvgIpc) is 2.55. The van der Waals surface area contributed by atoms with Gasteiger partial charge in [0.25, 0.3) is 5.69 Å². The van der Waals surface area contributed by atoms with Crippen LogP contribution in [0.3, 0.4) is 0 Å². The molecule has 2 aromatic rings. The quantitative estimate of drug-likeness (QED) is 0.482. The molecule has 0 saturated heterocycles. The van der Waals surface area contributed by atoms with Gasteiger partial charge in [-0.3, -0.25) is 10.1 Å². The number of para-hydroxylation sites is 2. The molecule has 0 aromatic heterocycles. The second kappa shape index (κ2) is 7.93. The van der Waals surface area contributed by atoms with Gasteiger partial charge in [-0.05, 0) is 18.6 Å². The van der Waals surface area contributed by atoms with E-state index in [1.807, 2.05) is 30.3 Å². The Bertz CT molecular complexity index is 673. The van der Waals surface area contributed by atoms with Crippen LogP contribution >= 0.6 is 0 Å². The van der Waals surface area contributed by atoms with Gasteiger partial charge < -0.3 is 10.1 Å². The van der Waals surface area contributed by atoms with Gasteiger partial charge in [-0.1, -0.05) is 42.5 Å². The van der Waals surface area contributed by atoms with Crippen molar-refractivity contribution in [3.05, 3.63) is 70.3 Å². The maximum absolute atomic E-state index is 12.2. The minimum atomic E-state index is -0.696. The van der Waals surface area contributed by atoms with Crippen molar-refractivity contribution in [2.75, 3.05) is 11.9 Å². The first kappa shape index (κ1) is 16.5. The minimum Gasteiger partial charge on any atom is -0.464 e. The van der Waals surface area contributed by atoms with Crippen molar-refractivity contribution < 1.29 is 14.5 Å². The largest absolute Gasteiger partial charge is 0.464 e. The lowest BCUT2D eigenvalue weighted by Crippen LogP contribution is -2.33. The second-order valence-corrected chi connectivity index (χ2v) is 4.91.